The van der Waals surface area contributed by atoms with E-state index in [2.05, 4.69) is 50.9 Å². The zero-order valence-corrected chi connectivity index (χ0v) is 21.7. The van der Waals surface area contributed by atoms with Gasteiger partial charge in [-0.25, -0.2) is 4.68 Å². The van der Waals surface area contributed by atoms with Gasteiger partial charge in [0.2, 0.25) is 11.5 Å². The van der Waals surface area contributed by atoms with Gasteiger partial charge in [-0.1, -0.05) is 40.7 Å². The predicted octanol–water partition coefficient (Wildman–Crippen LogP) is 4.86. The molecular weight excluding hydrogens is 442 g/mol. The maximum Gasteiger partial charge on any atom is 0.242 e. The van der Waals surface area contributed by atoms with Gasteiger partial charge in [-0.2, -0.15) is 4.52 Å². The average molecular weight is 480 g/mol. The molecule has 8 nitrogen and oxygen atoms in total. The SMILES string of the molecule is CCC(CC)Oc1ccc2nn(CC(=O)c3cc(C(OC)C4CC4)cc(C(C)(C)C)c3)c(=N)n2n1. The van der Waals surface area contributed by atoms with Gasteiger partial charge < -0.3 is 9.47 Å². The van der Waals surface area contributed by atoms with Crippen LogP contribution in [0.15, 0.2) is 30.3 Å². The highest BCUT2D eigenvalue weighted by Gasteiger charge is 2.33. The van der Waals surface area contributed by atoms with Gasteiger partial charge >= 0.3 is 0 Å². The molecule has 1 aromatic carbocycles. The van der Waals surface area contributed by atoms with E-state index < -0.39 is 0 Å². The number of nitrogens with one attached hydrogen (secondary N) is 1. The molecule has 3 aromatic rings. The second-order valence-electron chi connectivity index (χ2n) is 10.5. The smallest absolute Gasteiger partial charge is 0.242 e. The van der Waals surface area contributed by atoms with Crippen LogP contribution in [-0.4, -0.2) is 38.4 Å². The third kappa shape index (κ3) is 5.48. The van der Waals surface area contributed by atoms with E-state index in [4.69, 9.17) is 14.9 Å². The first kappa shape index (κ1) is 25.1. The van der Waals surface area contributed by atoms with Crippen molar-refractivity contribution in [2.45, 2.75) is 84.5 Å². The number of ether oxygens (including phenoxy) is 2. The van der Waals surface area contributed by atoms with Crippen LogP contribution in [0.5, 0.6) is 5.88 Å². The lowest BCUT2D eigenvalue weighted by atomic mass is 9.83. The minimum Gasteiger partial charge on any atom is -0.473 e. The predicted molar refractivity (Wildman–Crippen MR) is 134 cm³/mol. The van der Waals surface area contributed by atoms with Crippen LogP contribution in [-0.2, 0) is 16.7 Å². The van der Waals surface area contributed by atoms with E-state index in [1.807, 2.05) is 12.1 Å². The molecule has 1 fully saturated rings. The maximum atomic E-state index is 13.4. The molecule has 0 saturated heterocycles. The van der Waals surface area contributed by atoms with E-state index in [0.29, 0.717) is 23.0 Å². The first-order valence-electron chi connectivity index (χ1n) is 12.5. The Bertz CT molecular complexity index is 1260. The van der Waals surface area contributed by atoms with Gasteiger partial charge in [-0.15, -0.1) is 10.2 Å². The third-order valence-corrected chi connectivity index (χ3v) is 6.73. The molecule has 2 aromatic heterocycles. The molecule has 0 aliphatic heterocycles. The zero-order valence-electron chi connectivity index (χ0n) is 21.7. The summed E-state index contributed by atoms with van der Waals surface area (Å²) >= 11 is 0. The average Bonchev–Trinajstić information content (AvgIpc) is 3.62. The Morgan fingerprint density at radius 3 is 2.46 bits per heavy atom. The quantitative estimate of drug-likeness (QED) is 0.419. The van der Waals surface area contributed by atoms with Gasteiger partial charge in [0.15, 0.2) is 11.4 Å². The molecule has 8 heteroatoms. The number of aromatic nitrogens is 4. The lowest BCUT2D eigenvalue weighted by Crippen LogP contribution is -2.27. The summed E-state index contributed by atoms with van der Waals surface area (Å²) in [6.45, 7) is 10.5. The topological polar surface area (TPSA) is 94.5 Å². The van der Waals surface area contributed by atoms with Crippen LogP contribution in [0.2, 0.25) is 0 Å². The summed E-state index contributed by atoms with van der Waals surface area (Å²) in [6, 6.07) is 9.60. The molecule has 2 heterocycles. The van der Waals surface area contributed by atoms with Crippen molar-refractivity contribution in [1.82, 2.24) is 19.4 Å². The summed E-state index contributed by atoms with van der Waals surface area (Å²) in [4.78, 5) is 13.4. The summed E-state index contributed by atoms with van der Waals surface area (Å²) in [5, 5.41) is 17.4. The van der Waals surface area contributed by atoms with E-state index in [1.54, 1.807) is 19.2 Å². The summed E-state index contributed by atoms with van der Waals surface area (Å²) in [5.74, 6) is 0.857. The van der Waals surface area contributed by atoms with Crippen LogP contribution in [0, 0.1) is 11.3 Å². The molecular formula is C27H37N5O3. The number of ketones is 1. The number of hydrogen-bond acceptors (Lipinski definition) is 6. The Labute approximate surface area is 206 Å². The van der Waals surface area contributed by atoms with Crippen LogP contribution in [0.25, 0.3) is 5.65 Å². The Morgan fingerprint density at radius 2 is 1.86 bits per heavy atom. The Kier molecular flexibility index (Phi) is 7.12. The number of fused-ring (bicyclic) bond motifs is 1. The lowest BCUT2D eigenvalue weighted by molar-refractivity contribution is 0.0842. The van der Waals surface area contributed by atoms with Gasteiger partial charge in [0, 0.05) is 18.7 Å². The maximum absolute atomic E-state index is 13.4. The highest BCUT2D eigenvalue weighted by atomic mass is 16.5. The number of carbonyl (C=O) groups excluding carboxylic acids is 1. The molecule has 0 bridgehead atoms. The van der Waals surface area contributed by atoms with Crippen LogP contribution in [0.1, 0.15) is 87.9 Å². The fraction of sp³-hybridized carbons (Fsp3) is 0.556. The molecule has 0 radical (unpaired) electrons. The first-order chi connectivity index (χ1) is 16.6. The fourth-order valence-corrected chi connectivity index (χ4v) is 4.35. The van der Waals surface area contributed by atoms with Gasteiger partial charge in [0.25, 0.3) is 0 Å². The zero-order chi connectivity index (χ0) is 25.3. The number of Topliss-reactive ketones (excluding diaryl/α,β-unsaturated/α-hetero) is 1. The molecule has 0 spiro atoms. The lowest BCUT2D eigenvalue weighted by Gasteiger charge is -2.24. The van der Waals surface area contributed by atoms with Gasteiger partial charge in [0.1, 0.15) is 6.54 Å². The van der Waals surface area contributed by atoms with E-state index in [9.17, 15) is 4.79 Å². The standard InChI is InChI=1S/C27H37N5O3/c1-7-21(8-2)35-24-12-11-23-29-31(26(28)32(23)30-24)16-22(33)18-13-19(25(34-6)17-9-10-17)15-20(14-18)27(3,4)5/h11-15,17,21,25,28H,7-10,16H2,1-6H3. The van der Waals surface area contributed by atoms with Crippen molar-refractivity contribution in [2.24, 2.45) is 5.92 Å². The number of rotatable bonds is 10. The Balaban J connectivity index is 1.64. The molecule has 188 valence electrons. The summed E-state index contributed by atoms with van der Waals surface area (Å²) in [7, 11) is 1.74. The highest BCUT2D eigenvalue weighted by molar-refractivity contribution is 5.96. The van der Waals surface area contributed by atoms with Crippen molar-refractivity contribution in [2.75, 3.05) is 7.11 Å². The number of hydrogen-bond donors (Lipinski definition) is 1. The van der Waals surface area contributed by atoms with E-state index >= 15 is 0 Å². The van der Waals surface area contributed by atoms with Crippen molar-refractivity contribution < 1.29 is 14.3 Å². The molecule has 0 amide bonds. The summed E-state index contributed by atoms with van der Waals surface area (Å²) < 4.78 is 14.5. The number of benzene rings is 1. The molecule has 35 heavy (non-hydrogen) atoms. The van der Waals surface area contributed by atoms with Gasteiger partial charge in [0.05, 0.1) is 12.2 Å². The summed E-state index contributed by atoms with van der Waals surface area (Å²) in [5.41, 5.74) is 3.17. The van der Waals surface area contributed by atoms with E-state index in [0.717, 1.165) is 36.8 Å². The monoisotopic (exact) mass is 479 g/mol. The Hall–Kier alpha value is -3.00. The molecule has 1 aliphatic rings. The number of carbonyl (C=O) groups is 1. The molecule has 1 saturated carbocycles. The van der Waals surface area contributed by atoms with E-state index in [1.165, 1.54) is 9.20 Å². The fourth-order valence-electron chi connectivity index (χ4n) is 4.35. The van der Waals surface area contributed by atoms with Gasteiger partial charge in [-0.3, -0.25) is 10.2 Å². The van der Waals surface area contributed by atoms with Crippen LogP contribution >= 0.6 is 0 Å². The van der Waals surface area contributed by atoms with Crippen molar-refractivity contribution in [3.63, 3.8) is 0 Å². The van der Waals surface area contributed by atoms with E-state index in [-0.39, 0.29) is 35.6 Å². The molecule has 1 unspecified atom stereocenters. The van der Waals surface area contributed by atoms with Crippen LogP contribution in [0.4, 0.5) is 0 Å². The highest BCUT2D eigenvalue weighted by Crippen LogP contribution is 2.44. The minimum absolute atomic E-state index is 0.00359. The molecule has 4 rings (SSSR count). The summed E-state index contributed by atoms with van der Waals surface area (Å²) in [6.07, 6.45) is 4.12. The minimum atomic E-state index is -0.112. The molecule has 1 atom stereocenters. The second-order valence-corrected chi connectivity index (χ2v) is 10.5. The van der Waals surface area contributed by atoms with Crippen molar-refractivity contribution in [3.8, 4) is 5.88 Å². The number of methoxy groups -OCH3 is 1. The molecule has 1 aliphatic carbocycles. The third-order valence-electron chi connectivity index (χ3n) is 6.73. The normalized spacial score (nSPS) is 15.1. The van der Waals surface area contributed by atoms with Crippen molar-refractivity contribution >= 4 is 11.4 Å². The van der Waals surface area contributed by atoms with Crippen LogP contribution < -0.4 is 10.4 Å². The van der Waals surface area contributed by atoms with Crippen molar-refractivity contribution in [1.29, 1.82) is 5.41 Å². The largest absolute Gasteiger partial charge is 0.473 e. The first-order valence-corrected chi connectivity index (χ1v) is 12.5. The Morgan fingerprint density at radius 1 is 1.14 bits per heavy atom. The van der Waals surface area contributed by atoms with Gasteiger partial charge in [-0.05, 0) is 66.3 Å². The second kappa shape index (κ2) is 9.93. The number of nitrogens with zero attached hydrogens (tertiary/aromatic N) is 4. The molecule has 1 N–H and O–H groups in total. The van der Waals surface area contributed by atoms with Crippen LogP contribution in [0.3, 0.4) is 0 Å². The van der Waals surface area contributed by atoms with Crippen molar-refractivity contribution in [3.05, 3.63) is 52.6 Å².